The van der Waals surface area contributed by atoms with Gasteiger partial charge in [0.15, 0.2) is 23.8 Å². The maximum absolute atomic E-state index is 13.2. The first-order valence-corrected chi connectivity index (χ1v) is 8.30. The van der Waals surface area contributed by atoms with E-state index in [1.807, 2.05) is 12.1 Å². The predicted octanol–water partition coefficient (Wildman–Crippen LogP) is 2.90. The molecule has 28 heavy (non-hydrogen) atoms. The summed E-state index contributed by atoms with van der Waals surface area (Å²) in [7, 11) is 4.44. The summed E-state index contributed by atoms with van der Waals surface area (Å²) in [4.78, 5) is 22.1. The third-order valence-electron chi connectivity index (χ3n) is 3.97. The van der Waals surface area contributed by atoms with Crippen LogP contribution in [0, 0.1) is 12.3 Å². The largest absolute Gasteiger partial charge is 0.493 e. The fourth-order valence-corrected chi connectivity index (χ4v) is 2.69. The molecule has 0 unspecified atom stereocenters. The Bertz CT molecular complexity index is 1050. The molecule has 7 heteroatoms. The lowest BCUT2D eigenvalue weighted by Crippen LogP contribution is -2.11. The molecule has 0 aliphatic carbocycles. The van der Waals surface area contributed by atoms with Crippen molar-refractivity contribution in [3.63, 3.8) is 0 Å². The molecule has 142 valence electrons. The summed E-state index contributed by atoms with van der Waals surface area (Å²) in [5, 5.41) is 0. The van der Waals surface area contributed by atoms with Gasteiger partial charge < -0.3 is 18.9 Å². The van der Waals surface area contributed by atoms with Crippen LogP contribution in [0.1, 0.15) is 16.1 Å². The zero-order chi connectivity index (χ0) is 20.1. The number of hydrogen-bond acceptors (Lipinski definition) is 7. The highest BCUT2D eigenvalue weighted by Crippen LogP contribution is 2.39. The summed E-state index contributed by atoms with van der Waals surface area (Å²) < 4.78 is 21.4. The molecule has 0 fully saturated rings. The van der Waals surface area contributed by atoms with Crippen molar-refractivity contribution in [1.29, 1.82) is 0 Å². The number of methoxy groups -OCH3 is 3. The van der Waals surface area contributed by atoms with Gasteiger partial charge in [-0.1, -0.05) is 18.1 Å². The first kappa shape index (κ1) is 19.0. The number of hydrogen-bond donors (Lipinski definition) is 0. The van der Waals surface area contributed by atoms with Crippen LogP contribution in [-0.2, 0) is 0 Å². The van der Waals surface area contributed by atoms with Gasteiger partial charge in [-0.3, -0.25) is 4.79 Å². The van der Waals surface area contributed by atoms with Gasteiger partial charge in [0.25, 0.3) is 0 Å². The maximum Gasteiger partial charge on any atom is 0.245 e. The fourth-order valence-electron chi connectivity index (χ4n) is 2.69. The summed E-state index contributed by atoms with van der Waals surface area (Å²) in [6.07, 6.45) is 5.28. The molecule has 0 N–H and O–H groups in total. The summed E-state index contributed by atoms with van der Waals surface area (Å²) >= 11 is 0. The minimum atomic E-state index is -0.412. The number of carbonyl (C=O) groups excluding carboxylic acids is 1. The normalized spacial score (nSPS) is 10.2. The highest BCUT2D eigenvalue weighted by atomic mass is 16.5. The third-order valence-corrected chi connectivity index (χ3v) is 3.97. The van der Waals surface area contributed by atoms with E-state index in [4.69, 9.17) is 25.4 Å². The predicted molar refractivity (Wildman–Crippen MR) is 103 cm³/mol. The molecule has 0 bridgehead atoms. The minimum Gasteiger partial charge on any atom is -0.493 e. The minimum absolute atomic E-state index is 0.0391. The van der Waals surface area contributed by atoms with Gasteiger partial charge in [0.2, 0.25) is 17.4 Å². The van der Waals surface area contributed by atoms with Crippen molar-refractivity contribution >= 4 is 16.8 Å². The molecule has 0 amide bonds. The van der Waals surface area contributed by atoms with E-state index < -0.39 is 5.78 Å². The molecule has 0 saturated carbocycles. The van der Waals surface area contributed by atoms with Gasteiger partial charge in [-0.05, 0) is 24.3 Å². The summed E-state index contributed by atoms with van der Waals surface area (Å²) in [6.45, 7) is -0.0391. The smallest absolute Gasteiger partial charge is 0.245 e. The molecule has 0 aliphatic heterocycles. The number of aromatic nitrogens is 2. The first-order chi connectivity index (χ1) is 13.6. The number of ether oxygens (including phenoxy) is 4. The van der Waals surface area contributed by atoms with E-state index in [1.165, 1.54) is 21.3 Å². The van der Waals surface area contributed by atoms with Crippen LogP contribution in [0.4, 0.5) is 0 Å². The van der Waals surface area contributed by atoms with E-state index >= 15 is 0 Å². The SMILES string of the molecule is C#CCOc1nc2ccccc2nc1C(=O)c1cc(OC)c(OC)c(OC)c1. The number of ketones is 1. The quantitative estimate of drug-likeness (QED) is 0.462. The highest BCUT2D eigenvalue weighted by molar-refractivity contribution is 6.10. The second kappa shape index (κ2) is 8.27. The van der Waals surface area contributed by atoms with Crippen molar-refractivity contribution in [2.45, 2.75) is 0 Å². The molecular weight excluding hydrogens is 360 g/mol. The lowest BCUT2D eigenvalue weighted by atomic mass is 10.1. The average molecular weight is 378 g/mol. The Labute approximate surface area is 162 Å². The van der Waals surface area contributed by atoms with E-state index in [-0.39, 0.29) is 23.7 Å². The van der Waals surface area contributed by atoms with Gasteiger partial charge in [0, 0.05) is 5.56 Å². The fraction of sp³-hybridized carbons (Fsp3) is 0.190. The zero-order valence-electron chi connectivity index (χ0n) is 15.7. The molecule has 3 aromatic rings. The monoisotopic (exact) mass is 378 g/mol. The number of fused-ring (bicyclic) bond motifs is 1. The average Bonchev–Trinajstić information content (AvgIpc) is 2.75. The van der Waals surface area contributed by atoms with Crippen LogP contribution >= 0.6 is 0 Å². The first-order valence-electron chi connectivity index (χ1n) is 8.30. The van der Waals surface area contributed by atoms with Gasteiger partial charge >= 0.3 is 0 Å². The molecule has 0 atom stereocenters. The van der Waals surface area contributed by atoms with Crippen molar-refractivity contribution < 1.29 is 23.7 Å². The van der Waals surface area contributed by atoms with Gasteiger partial charge in [-0.25, -0.2) is 9.97 Å². The summed E-state index contributed by atoms with van der Waals surface area (Å²) in [5.74, 6) is 3.10. The van der Waals surface area contributed by atoms with Crippen LogP contribution < -0.4 is 18.9 Å². The molecular formula is C21H18N2O5. The molecule has 1 aromatic heterocycles. The van der Waals surface area contributed by atoms with Crippen LogP contribution in [0.2, 0.25) is 0 Å². The van der Waals surface area contributed by atoms with Crippen LogP contribution in [0.25, 0.3) is 11.0 Å². The molecule has 0 spiro atoms. The van der Waals surface area contributed by atoms with Crippen molar-refractivity contribution in [2.24, 2.45) is 0 Å². The maximum atomic E-state index is 13.2. The Morgan fingerprint density at radius 3 is 2.14 bits per heavy atom. The lowest BCUT2D eigenvalue weighted by molar-refractivity contribution is 0.102. The van der Waals surface area contributed by atoms with E-state index in [9.17, 15) is 4.79 Å². The Morgan fingerprint density at radius 2 is 1.61 bits per heavy atom. The standard InChI is InChI=1S/C21H18N2O5/c1-5-10-28-21-18(22-14-8-6-7-9-15(14)23-21)19(24)13-11-16(25-2)20(27-4)17(12-13)26-3/h1,6-9,11-12H,10H2,2-4H3. The topological polar surface area (TPSA) is 79.8 Å². The van der Waals surface area contributed by atoms with Crippen molar-refractivity contribution in [3.05, 3.63) is 47.7 Å². The summed E-state index contributed by atoms with van der Waals surface area (Å²) in [5.41, 5.74) is 1.48. The van der Waals surface area contributed by atoms with E-state index in [1.54, 1.807) is 24.3 Å². The zero-order valence-corrected chi connectivity index (χ0v) is 15.7. The van der Waals surface area contributed by atoms with Crippen molar-refractivity contribution in [3.8, 4) is 35.5 Å². The molecule has 7 nitrogen and oxygen atoms in total. The lowest BCUT2D eigenvalue weighted by Gasteiger charge is -2.14. The Balaban J connectivity index is 2.16. The second-order valence-electron chi connectivity index (χ2n) is 5.60. The number of para-hydroxylation sites is 2. The second-order valence-corrected chi connectivity index (χ2v) is 5.60. The number of benzene rings is 2. The molecule has 2 aromatic carbocycles. The van der Waals surface area contributed by atoms with Gasteiger partial charge in [-0.2, -0.15) is 0 Å². The Kier molecular flexibility index (Phi) is 5.61. The van der Waals surface area contributed by atoms with Crippen LogP contribution in [0.5, 0.6) is 23.1 Å². The van der Waals surface area contributed by atoms with Gasteiger partial charge in [0.1, 0.15) is 0 Å². The van der Waals surface area contributed by atoms with E-state index in [0.29, 0.717) is 28.3 Å². The van der Waals surface area contributed by atoms with E-state index in [2.05, 4.69) is 15.9 Å². The van der Waals surface area contributed by atoms with Crippen LogP contribution in [0.3, 0.4) is 0 Å². The number of terminal acetylenes is 1. The van der Waals surface area contributed by atoms with Gasteiger partial charge in [0.05, 0.1) is 32.4 Å². The molecule has 1 heterocycles. The van der Waals surface area contributed by atoms with Crippen LogP contribution in [0.15, 0.2) is 36.4 Å². The molecule has 0 saturated heterocycles. The molecule has 0 aliphatic rings. The van der Waals surface area contributed by atoms with Crippen molar-refractivity contribution in [1.82, 2.24) is 9.97 Å². The molecule has 0 radical (unpaired) electrons. The third kappa shape index (κ3) is 3.53. The number of rotatable bonds is 7. The Hall–Kier alpha value is -3.79. The summed E-state index contributed by atoms with van der Waals surface area (Å²) in [6, 6.07) is 10.3. The molecule has 3 rings (SSSR count). The van der Waals surface area contributed by atoms with Crippen molar-refractivity contribution in [2.75, 3.05) is 27.9 Å². The number of nitrogens with zero attached hydrogens (tertiary/aromatic N) is 2. The number of carbonyl (C=O) groups is 1. The van der Waals surface area contributed by atoms with Gasteiger partial charge in [-0.15, -0.1) is 6.42 Å². The van der Waals surface area contributed by atoms with E-state index in [0.717, 1.165) is 0 Å². The Morgan fingerprint density at radius 1 is 1.00 bits per heavy atom. The highest BCUT2D eigenvalue weighted by Gasteiger charge is 2.23. The van der Waals surface area contributed by atoms with Crippen LogP contribution in [-0.4, -0.2) is 43.7 Å².